The third kappa shape index (κ3) is 2.49. The van der Waals surface area contributed by atoms with Crippen molar-refractivity contribution in [2.45, 2.75) is 30.1 Å². The molecule has 0 amide bonds. The SMILES string of the molecule is C=CC(F)(C(F)C(F)(F)F)C(F)(F)C(F)(F)F. The van der Waals surface area contributed by atoms with Gasteiger partial charge >= 0.3 is 18.3 Å². The normalized spacial score (nSPS) is 19.6. The summed E-state index contributed by atoms with van der Waals surface area (Å²) in [6.45, 7) is 2.05. The molecule has 0 rings (SSSR count). The molecule has 10 heteroatoms. The second-order valence-corrected chi connectivity index (χ2v) is 2.95. The molecule has 0 spiro atoms. The van der Waals surface area contributed by atoms with Crippen LogP contribution < -0.4 is 0 Å². The molecule has 0 radical (unpaired) electrons. The molecule has 2 unspecified atom stereocenters. The minimum absolute atomic E-state index is 1.04. The van der Waals surface area contributed by atoms with Gasteiger partial charge in [-0.15, -0.1) is 0 Å². The molecule has 0 nitrogen and oxygen atoms in total. The Hall–Kier alpha value is -0.960. The fourth-order valence-electron chi connectivity index (χ4n) is 0.846. The van der Waals surface area contributed by atoms with Gasteiger partial charge in [0.25, 0.3) is 0 Å². The summed E-state index contributed by atoms with van der Waals surface area (Å²) < 4.78 is 120. The van der Waals surface area contributed by atoms with Crippen molar-refractivity contribution in [1.82, 2.24) is 0 Å². The standard InChI is InChI=1S/C7H4F10/c1-2-4(9,3(8)5(10,11)12)6(13,14)7(15,16)17/h2-3H,1H2. The van der Waals surface area contributed by atoms with Gasteiger partial charge in [0.05, 0.1) is 0 Å². The van der Waals surface area contributed by atoms with Gasteiger partial charge in [0.15, 0.2) is 0 Å². The van der Waals surface area contributed by atoms with Crippen molar-refractivity contribution in [3.8, 4) is 0 Å². The Kier molecular flexibility index (Phi) is 3.83. The first-order valence-corrected chi connectivity index (χ1v) is 3.69. The topological polar surface area (TPSA) is 0 Å². The van der Waals surface area contributed by atoms with Gasteiger partial charge in [0.2, 0.25) is 11.8 Å². The van der Waals surface area contributed by atoms with E-state index in [1.807, 2.05) is 0 Å². The van der Waals surface area contributed by atoms with Crippen LogP contribution in [0.2, 0.25) is 0 Å². The zero-order chi connectivity index (χ0) is 14.3. The van der Waals surface area contributed by atoms with Gasteiger partial charge in [-0.3, -0.25) is 0 Å². The number of rotatable bonds is 3. The smallest absolute Gasteiger partial charge is 0.233 e. The number of hydrogen-bond acceptors (Lipinski definition) is 0. The van der Waals surface area contributed by atoms with E-state index >= 15 is 0 Å². The lowest BCUT2D eigenvalue weighted by molar-refractivity contribution is -0.344. The molecule has 0 bridgehead atoms. The highest BCUT2D eigenvalue weighted by Crippen LogP contribution is 2.51. The zero-order valence-electron chi connectivity index (χ0n) is 7.64. The Bertz CT molecular complexity index is 286. The van der Waals surface area contributed by atoms with E-state index < -0.39 is 36.2 Å². The lowest BCUT2D eigenvalue weighted by Gasteiger charge is -2.34. The van der Waals surface area contributed by atoms with E-state index in [1.165, 1.54) is 0 Å². The van der Waals surface area contributed by atoms with E-state index in [0.717, 1.165) is 0 Å². The first-order chi connectivity index (χ1) is 7.22. The zero-order valence-corrected chi connectivity index (χ0v) is 7.64. The molecule has 0 saturated heterocycles. The molecule has 102 valence electrons. The van der Waals surface area contributed by atoms with Crippen LogP contribution in [0, 0.1) is 0 Å². The molecule has 0 aliphatic rings. The van der Waals surface area contributed by atoms with E-state index in [9.17, 15) is 43.9 Å². The first kappa shape index (κ1) is 16.0. The highest BCUT2D eigenvalue weighted by Gasteiger charge is 2.77. The molecule has 17 heavy (non-hydrogen) atoms. The van der Waals surface area contributed by atoms with Gasteiger partial charge in [0.1, 0.15) is 0 Å². The lowest BCUT2D eigenvalue weighted by atomic mass is 9.91. The number of hydrogen-bond donors (Lipinski definition) is 0. The molecule has 0 aromatic rings. The molecule has 0 aromatic carbocycles. The highest BCUT2D eigenvalue weighted by atomic mass is 19.4. The van der Waals surface area contributed by atoms with E-state index in [-0.39, 0.29) is 0 Å². The fourth-order valence-corrected chi connectivity index (χ4v) is 0.846. The molecular formula is C7H4F10. The minimum atomic E-state index is -6.69. The van der Waals surface area contributed by atoms with Gasteiger partial charge in [-0.05, 0) is 6.08 Å². The van der Waals surface area contributed by atoms with Crippen LogP contribution in [-0.4, -0.2) is 30.1 Å². The minimum Gasteiger partial charge on any atom is -0.233 e. The number of allylic oxidation sites excluding steroid dienone is 1. The van der Waals surface area contributed by atoms with Gasteiger partial charge in [-0.1, -0.05) is 6.58 Å². The summed E-state index contributed by atoms with van der Waals surface area (Å²) >= 11 is 0. The van der Waals surface area contributed by atoms with Crippen LogP contribution in [0.5, 0.6) is 0 Å². The molecule has 0 aliphatic carbocycles. The van der Waals surface area contributed by atoms with Gasteiger partial charge in [-0.2, -0.15) is 35.1 Å². The van der Waals surface area contributed by atoms with Crippen LogP contribution in [0.25, 0.3) is 0 Å². The third-order valence-electron chi connectivity index (χ3n) is 1.79. The second kappa shape index (κ2) is 4.05. The summed E-state index contributed by atoms with van der Waals surface area (Å²) in [4.78, 5) is 0. The van der Waals surface area contributed by atoms with Gasteiger partial charge in [-0.25, -0.2) is 8.78 Å². The van der Waals surface area contributed by atoms with Crippen molar-refractivity contribution in [3.05, 3.63) is 12.7 Å². The third-order valence-corrected chi connectivity index (χ3v) is 1.79. The molecule has 0 aromatic heterocycles. The summed E-state index contributed by atoms with van der Waals surface area (Å²) in [5, 5.41) is 0. The van der Waals surface area contributed by atoms with Gasteiger partial charge in [0, 0.05) is 0 Å². The van der Waals surface area contributed by atoms with Crippen LogP contribution in [0.1, 0.15) is 0 Å². The second-order valence-electron chi connectivity index (χ2n) is 2.95. The molecule has 0 saturated carbocycles. The van der Waals surface area contributed by atoms with Crippen LogP contribution in [0.4, 0.5) is 43.9 Å². The molecule has 0 aliphatic heterocycles. The Labute approximate surface area is 87.9 Å². The molecule has 0 fully saturated rings. The van der Waals surface area contributed by atoms with Crippen molar-refractivity contribution in [3.63, 3.8) is 0 Å². The summed E-state index contributed by atoms with van der Waals surface area (Å²) in [7, 11) is 0. The maximum atomic E-state index is 13.0. The van der Waals surface area contributed by atoms with Crippen molar-refractivity contribution in [2.75, 3.05) is 0 Å². The van der Waals surface area contributed by atoms with Crippen LogP contribution in [0.3, 0.4) is 0 Å². The quantitative estimate of drug-likeness (QED) is 0.541. The van der Waals surface area contributed by atoms with E-state index in [0.29, 0.717) is 0 Å². The average Bonchev–Trinajstić information content (AvgIpc) is 2.11. The summed E-state index contributed by atoms with van der Waals surface area (Å²) in [5.41, 5.74) is -5.62. The van der Waals surface area contributed by atoms with Crippen molar-refractivity contribution >= 4 is 0 Å². The number of alkyl halides is 10. The fraction of sp³-hybridized carbons (Fsp3) is 0.714. The largest absolute Gasteiger partial charge is 0.457 e. The maximum absolute atomic E-state index is 13.0. The van der Waals surface area contributed by atoms with Crippen molar-refractivity contribution in [2.24, 2.45) is 0 Å². The van der Waals surface area contributed by atoms with Crippen molar-refractivity contribution < 1.29 is 43.9 Å². The van der Waals surface area contributed by atoms with Crippen LogP contribution >= 0.6 is 0 Å². The Morgan fingerprint density at radius 2 is 1.18 bits per heavy atom. The summed E-state index contributed by atoms with van der Waals surface area (Å²) in [5.74, 6) is -6.56. The predicted molar refractivity (Wildman–Crippen MR) is 36.0 cm³/mol. The van der Waals surface area contributed by atoms with E-state index in [4.69, 9.17) is 0 Å². The summed E-state index contributed by atoms with van der Waals surface area (Å²) in [6.07, 6.45) is -19.0. The molecular weight excluding hydrogens is 274 g/mol. The predicted octanol–water partition coefficient (Wildman–Crippen LogP) is 3.98. The first-order valence-electron chi connectivity index (χ1n) is 3.69. The van der Waals surface area contributed by atoms with Crippen LogP contribution in [-0.2, 0) is 0 Å². The van der Waals surface area contributed by atoms with Crippen molar-refractivity contribution in [1.29, 1.82) is 0 Å². The van der Waals surface area contributed by atoms with E-state index in [2.05, 4.69) is 6.58 Å². The average molecular weight is 278 g/mol. The van der Waals surface area contributed by atoms with Crippen LogP contribution in [0.15, 0.2) is 12.7 Å². The van der Waals surface area contributed by atoms with Gasteiger partial charge < -0.3 is 0 Å². The Morgan fingerprint density at radius 3 is 1.35 bits per heavy atom. The molecule has 0 N–H and O–H groups in total. The van der Waals surface area contributed by atoms with E-state index in [1.54, 1.807) is 0 Å². The Morgan fingerprint density at radius 1 is 0.824 bits per heavy atom. The molecule has 0 heterocycles. The Balaban J connectivity index is 5.68. The number of halogens is 10. The lowest BCUT2D eigenvalue weighted by Crippen LogP contribution is -2.61. The summed E-state index contributed by atoms with van der Waals surface area (Å²) in [6, 6.07) is 0. The maximum Gasteiger partial charge on any atom is 0.457 e. The molecule has 2 atom stereocenters. The monoisotopic (exact) mass is 278 g/mol. The highest BCUT2D eigenvalue weighted by molar-refractivity contribution is 5.15.